The Morgan fingerprint density at radius 2 is 1.77 bits per heavy atom. The number of nitrogens with one attached hydrogen (secondary N) is 2. The molecule has 0 aliphatic heterocycles. The lowest BCUT2D eigenvalue weighted by Crippen LogP contribution is -2.37. The van der Waals surface area contributed by atoms with E-state index in [0.717, 1.165) is 17.9 Å². The summed E-state index contributed by atoms with van der Waals surface area (Å²) >= 11 is 0. The molecule has 5 nitrogen and oxygen atoms in total. The normalized spacial score (nSPS) is 13.7. The number of rotatable bonds is 7. The molecule has 0 radical (unpaired) electrons. The van der Waals surface area contributed by atoms with E-state index in [1.807, 2.05) is 6.92 Å². The van der Waals surface area contributed by atoms with Crippen LogP contribution in [0.3, 0.4) is 0 Å². The van der Waals surface area contributed by atoms with Gasteiger partial charge in [0.2, 0.25) is 0 Å². The summed E-state index contributed by atoms with van der Waals surface area (Å²) in [5.41, 5.74) is 0.891. The van der Waals surface area contributed by atoms with Gasteiger partial charge in [-0.1, -0.05) is 37.3 Å². The molecule has 2 aromatic carbocycles. The molecule has 0 aliphatic carbocycles. The summed E-state index contributed by atoms with van der Waals surface area (Å²) in [6.45, 7) is 2.87. The quantitative estimate of drug-likeness (QED) is 0.504. The van der Waals surface area contributed by atoms with Crippen LogP contribution in [0.15, 0.2) is 58.4 Å². The van der Waals surface area contributed by atoms with Crippen molar-refractivity contribution >= 4 is 15.8 Å². The summed E-state index contributed by atoms with van der Waals surface area (Å²) in [5.74, 6) is 0.500. The largest absolute Gasteiger partial charge is 0.416 e. The van der Waals surface area contributed by atoms with E-state index in [4.69, 9.17) is 0 Å². The Bertz CT molecular complexity index is 972. The van der Waals surface area contributed by atoms with Gasteiger partial charge in [-0.05, 0) is 41.7 Å². The number of sulfone groups is 1. The van der Waals surface area contributed by atoms with Crippen molar-refractivity contribution in [1.29, 1.82) is 0 Å². The van der Waals surface area contributed by atoms with Gasteiger partial charge < -0.3 is 10.6 Å². The molecule has 2 rings (SSSR count). The summed E-state index contributed by atoms with van der Waals surface area (Å²) in [7, 11) is -1.61. The topological polar surface area (TPSA) is 70.6 Å². The molecule has 1 atom stereocenters. The molecule has 0 amide bonds. The van der Waals surface area contributed by atoms with Gasteiger partial charge in [0.25, 0.3) is 0 Å². The van der Waals surface area contributed by atoms with Crippen LogP contribution in [0, 0.1) is 0 Å². The van der Waals surface area contributed by atoms with Crippen LogP contribution in [-0.4, -0.2) is 34.2 Å². The van der Waals surface area contributed by atoms with Crippen LogP contribution in [0.25, 0.3) is 0 Å². The Morgan fingerprint density at radius 1 is 1.10 bits per heavy atom. The average molecular weight is 442 g/mol. The van der Waals surface area contributed by atoms with Gasteiger partial charge in [0.1, 0.15) is 0 Å². The van der Waals surface area contributed by atoms with Crippen LogP contribution < -0.4 is 10.6 Å². The van der Waals surface area contributed by atoms with Gasteiger partial charge in [-0.25, -0.2) is 8.42 Å². The third-order valence-electron chi connectivity index (χ3n) is 4.69. The minimum atomic E-state index is -4.35. The van der Waals surface area contributed by atoms with Gasteiger partial charge in [0, 0.05) is 26.4 Å². The maximum Gasteiger partial charge on any atom is 0.416 e. The van der Waals surface area contributed by atoms with Gasteiger partial charge in [-0.2, -0.15) is 13.2 Å². The Kier molecular flexibility index (Phi) is 7.89. The molecular formula is C21H26F3N3O2S. The van der Waals surface area contributed by atoms with Gasteiger partial charge in [-0.3, -0.25) is 4.99 Å². The van der Waals surface area contributed by atoms with Crippen molar-refractivity contribution in [3.8, 4) is 0 Å². The number of hydrogen-bond acceptors (Lipinski definition) is 3. The van der Waals surface area contributed by atoms with E-state index in [2.05, 4.69) is 15.6 Å². The molecular weight excluding hydrogens is 415 g/mol. The van der Waals surface area contributed by atoms with E-state index in [1.165, 1.54) is 12.1 Å². The summed E-state index contributed by atoms with van der Waals surface area (Å²) in [6, 6.07) is 12.0. The minimum absolute atomic E-state index is 0.0542. The van der Waals surface area contributed by atoms with Crippen molar-refractivity contribution in [2.45, 2.75) is 36.9 Å². The predicted molar refractivity (Wildman–Crippen MR) is 112 cm³/mol. The smallest absolute Gasteiger partial charge is 0.356 e. The highest BCUT2D eigenvalue weighted by Crippen LogP contribution is 2.31. The SMILES string of the molecule is CN=C(NCCC(C)c1cccc(C(F)(F)F)c1)NCc1ccc(S(C)(=O)=O)cc1. The Morgan fingerprint density at radius 3 is 2.33 bits per heavy atom. The maximum atomic E-state index is 12.9. The molecule has 1 unspecified atom stereocenters. The summed E-state index contributed by atoms with van der Waals surface area (Å²) in [4.78, 5) is 4.39. The highest BCUT2D eigenvalue weighted by molar-refractivity contribution is 7.90. The summed E-state index contributed by atoms with van der Waals surface area (Å²) in [5, 5.41) is 6.27. The first kappa shape index (κ1) is 23.7. The Hall–Kier alpha value is -2.55. The second-order valence-electron chi connectivity index (χ2n) is 7.08. The van der Waals surface area contributed by atoms with Gasteiger partial charge in [0.05, 0.1) is 10.5 Å². The summed E-state index contributed by atoms with van der Waals surface area (Å²) in [6.07, 6.45) is -2.56. The van der Waals surface area contributed by atoms with Crippen molar-refractivity contribution in [3.05, 3.63) is 65.2 Å². The lowest BCUT2D eigenvalue weighted by molar-refractivity contribution is -0.137. The van der Waals surface area contributed by atoms with Crippen LogP contribution in [0.2, 0.25) is 0 Å². The molecule has 0 heterocycles. The maximum absolute atomic E-state index is 12.9. The number of hydrogen-bond donors (Lipinski definition) is 2. The lowest BCUT2D eigenvalue weighted by Gasteiger charge is -2.16. The van der Waals surface area contributed by atoms with E-state index in [-0.39, 0.29) is 10.8 Å². The first-order valence-electron chi connectivity index (χ1n) is 9.41. The van der Waals surface area contributed by atoms with Gasteiger partial charge >= 0.3 is 6.18 Å². The minimum Gasteiger partial charge on any atom is -0.356 e. The number of nitrogens with zero attached hydrogens (tertiary/aromatic N) is 1. The van der Waals surface area contributed by atoms with Crippen molar-refractivity contribution in [2.75, 3.05) is 19.8 Å². The van der Waals surface area contributed by atoms with E-state index in [0.29, 0.717) is 31.0 Å². The fourth-order valence-corrected chi connectivity index (χ4v) is 3.49. The Labute approximate surface area is 175 Å². The van der Waals surface area contributed by atoms with Crippen LogP contribution in [0.1, 0.15) is 36.0 Å². The third kappa shape index (κ3) is 7.05. The van der Waals surface area contributed by atoms with Crippen molar-refractivity contribution in [2.24, 2.45) is 4.99 Å². The van der Waals surface area contributed by atoms with E-state index in [1.54, 1.807) is 37.4 Å². The molecule has 9 heteroatoms. The average Bonchev–Trinajstić information content (AvgIpc) is 2.69. The van der Waals surface area contributed by atoms with E-state index in [9.17, 15) is 21.6 Å². The van der Waals surface area contributed by atoms with E-state index < -0.39 is 21.6 Å². The van der Waals surface area contributed by atoms with Gasteiger partial charge in [0.15, 0.2) is 15.8 Å². The van der Waals surface area contributed by atoms with Crippen LogP contribution in [0.4, 0.5) is 13.2 Å². The number of benzene rings is 2. The number of halogens is 3. The fraction of sp³-hybridized carbons (Fsp3) is 0.381. The second kappa shape index (κ2) is 9.97. The number of aliphatic imine (C=N–C) groups is 1. The molecule has 2 aromatic rings. The molecule has 0 spiro atoms. The summed E-state index contributed by atoms with van der Waals surface area (Å²) < 4.78 is 61.6. The highest BCUT2D eigenvalue weighted by Gasteiger charge is 2.30. The highest BCUT2D eigenvalue weighted by atomic mass is 32.2. The van der Waals surface area contributed by atoms with Crippen LogP contribution in [0.5, 0.6) is 0 Å². The lowest BCUT2D eigenvalue weighted by atomic mass is 9.96. The standard InChI is InChI=1S/C21H26F3N3O2S/c1-15(17-5-4-6-18(13-17)21(22,23)24)11-12-26-20(25-2)27-14-16-7-9-19(10-8-16)30(3,28)29/h4-10,13,15H,11-12,14H2,1-3H3,(H2,25,26,27). The monoisotopic (exact) mass is 441 g/mol. The first-order chi connectivity index (χ1) is 14.0. The molecule has 0 aromatic heterocycles. The molecule has 0 fully saturated rings. The molecule has 0 aliphatic rings. The van der Waals surface area contributed by atoms with Crippen LogP contribution >= 0.6 is 0 Å². The molecule has 2 N–H and O–H groups in total. The van der Waals surface area contributed by atoms with Crippen molar-refractivity contribution in [1.82, 2.24) is 10.6 Å². The number of alkyl halides is 3. The van der Waals surface area contributed by atoms with Crippen molar-refractivity contribution in [3.63, 3.8) is 0 Å². The van der Waals surface area contributed by atoms with Crippen molar-refractivity contribution < 1.29 is 21.6 Å². The fourth-order valence-electron chi connectivity index (χ4n) is 2.86. The predicted octanol–water partition coefficient (Wildman–Crippen LogP) is 3.97. The second-order valence-corrected chi connectivity index (χ2v) is 9.10. The zero-order valence-corrected chi connectivity index (χ0v) is 17.9. The molecule has 0 bridgehead atoms. The molecule has 164 valence electrons. The molecule has 0 saturated heterocycles. The number of guanidine groups is 1. The van der Waals surface area contributed by atoms with Gasteiger partial charge in [-0.15, -0.1) is 0 Å². The zero-order chi connectivity index (χ0) is 22.4. The third-order valence-corrected chi connectivity index (χ3v) is 5.82. The van der Waals surface area contributed by atoms with Crippen LogP contribution in [-0.2, 0) is 22.6 Å². The Balaban J connectivity index is 1.84. The first-order valence-corrected chi connectivity index (χ1v) is 11.3. The zero-order valence-electron chi connectivity index (χ0n) is 17.1. The molecule has 30 heavy (non-hydrogen) atoms. The van der Waals surface area contributed by atoms with E-state index >= 15 is 0 Å². The molecule has 0 saturated carbocycles.